The summed E-state index contributed by atoms with van der Waals surface area (Å²) in [4.78, 5) is 39.3. The maximum absolute atomic E-state index is 12.6. The third-order valence-corrected chi connectivity index (χ3v) is 6.81. The highest BCUT2D eigenvalue weighted by molar-refractivity contribution is 5.84. The summed E-state index contributed by atoms with van der Waals surface area (Å²) >= 11 is 0. The summed E-state index contributed by atoms with van der Waals surface area (Å²) in [5.74, 6) is 1.09. The van der Waals surface area contributed by atoms with Gasteiger partial charge in [-0.1, -0.05) is 42.5 Å². The van der Waals surface area contributed by atoms with Crippen LogP contribution in [0.1, 0.15) is 42.7 Å². The highest BCUT2D eigenvalue weighted by Gasteiger charge is 2.43. The van der Waals surface area contributed by atoms with Crippen LogP contribution in [-0.4, -0.2) is 49.4 Å². The fraction of sp³-hybridized carbons (Fsp3) is 0.444. The normalized spacial score (nSPS) is 19.9. The van der Waals surface area contributed by atoms with E-state index in [9.17, 15) is 14.4 Å². The molecule has 1 aliphatic carbocycles. The summed E-state index contributed by atoms with van der Waals surface area (Å²) in [6.45, 7) is 1.96. The van der Waals surface area contributed by atoms with Gasteiger partial charge in [0.05, 0.1) is 7.11 Å². The molecule has 2 aromatic carbocycles. The van der Waals surface area contributed by atoms with Crippen LogP contribution in [0, 0.1) is 11.8 Å². The third-order valence-electron chi connectivity index (χ3n) is 6.81. The summed E-state index contributed by atoms with van der Waals surface area (Å²) in [7, 11) is 1.62. The van der Waals surface area contributed by atoms with Gasteiger partial charge in [-0.25, -0.2) is 0 Å². The van der Waals surface area contributed by atoms with Gasteiger partial charge in [0, 0.05) is 44.4 Å². The van der Waals surface area contributed by atoms with Crippen molar-refractivity contribution in [3.8, 4) is 5.75 Å². The van der Waals surface area contributed by atoms with Crippen molar-refractivity contribution in [2.45, 2.75) is 38.1 Å². The van der Waals surface area contributed by atoms with E-state index < -0.39 is 0 Å². The molecule has 2 fully saturated rings. The number of carbonyl (C=O) groups is 3. The van der Waals surface area contributed by atoms with E-state index in [0.717, 1.165) is 17.7 Å². The summed E-state index contributed by atoms with van der Waals surface area (Å²) in [5, 5.41) is 5.92. The number of likely N-dealkylation sites (tertiary alicyclic amines) is 1. The Kier molecular flexibility index (Phi) is 7.83. The number of benzene rings is 2. The third kappa shape index (κ3) is 6.16. The van der Waals surface area contributed by atoms with Crippen LogP contribution in [0.5, 0.6) is 5.75 Å². The van der Waals surface area contributed by atoms with Crippen molar-refractivity contribution in [2.24, 2.45) is 11.8 Å². The SMILES string of the molecule is COc1cccc(CNC(=O)C2CCN(C(=O)CCNC(=O)C3CC3c3ccccc3)CC2)c1. The second kappa shape index (κ2) is 11.2. The highest BCUT2D eigenvalue weighted by atomic mass is 16.5. The molecule has 1 aliphatic heterocycles. The van der Waals surface area contributed by atoms with Crippen LogP contribution in [-0.2, 0) is 20.9 Å². The molecule has 1 heterocycles. The van der Waals surface area contributed by atoms with Gasteiger partial charge in [0.15, 0.2) is 0 Å². The minimum atomic E-state index is -0.0841. The number of carbonyl (C=O) groups excluding carboxylic acids is 3. The Morgan fingerprint density at radius 2 is 1.74 bits per heavy atom. The van der Waals surface area contributed by atoms with Crippen LogP contribution >= 0.6 is 0 Å². The van der Waals surface area contributed by atoms with Crippen LogP contribution in [0.15, 0.2) is 54.6 Å². The minimum Gasteiger partial charge on any atom is -0.497 e. The number of hydrogen-bond donors (Lipinski definition) is 2. The molecule has 1 saturated heterocycles. The molecule has 0 bridgehead atoms. The lowest BCUT2D eigenvalue weighted by Crippen LogP contribution is -2.43. The molecule has 0 radical (unpaired) electrons. The van der Waals surface area contributed by atoms with Crippen molar-refractivity contribution in [3.63, 3.8) is 0 Å². The Morgan fingerprint density at radius 3 is 2.47 bits per heavy atom. The van der Waals surface area contributed by atoms with Gasteiger partial charge in [0.2, 0.25) is 17.7 Å². The Hall–Kier alpha value is -3.35. The lowest BCUT2D eigenvalue weighted by molar-refractivity contribution is -0.135. The number of rotatable bonds is 9. The number of piperidine rings is 1. The molecule has 7 heteroatoms. The average Bonchev–Trinajstić information content (AvgIpc) is 3.69. The molecule has 34 heavy (non-hydrogen) atoms. The van der Waals surface area contributed by atoms with Crippen molar-refractivity contribution < 1.29 is 19.1 Å². The fourth-order valence-electron chi connectivity index (χ4n) is 4.64. The van der Waals surface area contributed by atoms with Gasteiger partial charge in [0.1, 0.15) is 5.75 Å². The van der Waals surface area contributed by atoms with Gasteiger partial charge >= 0.3 is 0 Å². The summed E-state index contributed by atoms with van der Waals surface area (Å²) in [6.07, 6.45) is 2.48. The van der Waals surface area contributed by atoms with Crippen molar-refractivity contribution >= 4 is 17.7 Å². The van der Waals surface area contributed by atoms with E-state index in [1.165, 1.54) is 5.56 Å². The first-order chi connectivity index (χ1) is 16.5. The van der Waals surface area contributed by atoms with Gasteiger partial charge < -0.3 is 20.3 Å². The van der Waals surface area contributed by atoms with E-state index >= 15 is 0 Å². The first-order valence-electron chi connectivity index (χ1n) is 12.1. The zero-order chi connectivity index (χ0) is 23.9. The molecule has 3 amide bonds. The largest absolute Gasteiger partial charge is 0.497 e. The van der Waals surface area contributed by atoms with Gasteiger partial charge in [-0.2, -0.15) is 0 Å². The van der Waals surface area contributed by atoms with E-state index in [-0.39, 0.29) is 29.6 Å². The van der Waals surface area contributed by atoms with Gasteiger partial charge in [-0.15, -0.1) is 0 Å². The Balaban J connectivity index is 1.12. The van der Waals surface area contributed by atoms with E-state index in [2.05, 4.69) is 22.8 Å². The smallest absolute Gasteiger partial charge is 0.224 e. The number of methoxy groups -OCH3 is 1. The maximum Gasteiger partial charge on any atom is 0.224 e. The lowest BCUT2D eigenvalue weighted by Gasteiger charge is -2.31. The number of hydrogen-bond acceptors (Lipinski definition) is 4. The quantitative estimate of drug-likeness (QED) is 0.599. The molecule has 0 aromatic heterocycles. The lowest BCUT2D eigenvalue weighted by atomic mass is 9.95. The zero-order valence-electron chi connectivity index (χ0n) is 19.7. The highest BCUT2D eigenvalue weighted by Crippen LogP contribution is 2.47. The number of amides is 3. The standard InChI is InChI=1S/C27H33N3O4/c1-34-22-9-5-6-19(16-22)18-29-26(32)21-11-14-30(15-12-21)25(31)10-13-28-27(33)24-17-23(24)20-7-3-2-4-8-20/h2-9,16,21,23-24H,10-15,17-18H2,1H3,(H,28,33)(H,29,32). The Labute approximate surface area is 200 Å². The number of ether oxygens (including phenoxy) is 1. The van der Waals surface area contributed by atoms with E-state index in [4.69, 9.17) is 4.74 Å². The Bertz CT molecular complexity index is 1000. The van der Waals surface area contributed by atoms with Crippen LogP contribution in [0.4, 0.5) is 0 Å². The summed E-state index contributed by atoms with van der Waals surface area (Å²) < 4.78 is 5.22. The van der Waals surface area contributed by atoms with Crippen LogP contribution in [0.3, 0.4) is 0 Å². The van der Waals surface area contributed by atoms with Gasteiger partial charge in [-0.3, -0.25) is 14.4 Å². The topological polar surface area (TPSA) is 87.7 Å². The first kappa shape index (κ1) is 23.8. The average molecular weight is 464 g/mol. The molecule has 2 aromatic rings. The molecule has 2 unspecified atom stereocenters. The predicted molar refractivity (Wildman–Crippen MR) is 129 cm³/mol. The second-order valence-corrected chi connectivity index (χ2v) is 9.12. The van der Waals surface area contributed by atoms with Gasteiger partial charge in [-0.05, 0) is 48.4 Å². The van der Waals surface area contributed by atoms with Crippen LogP contribution in [0.2, 0.25) is 0 Å². The molecule has 7 nitrogen and oxygen atoms in total. The fourth-order valence-corrected chi connectivity index (χ4v) is 4.64. The molecule has 2 N–H and O–H groups in total. The van der Waals surface area contributed by atoms with Crippen molar-refractivity contribution in [1.82, 2.24) is 15.5 Å². The molecule has 1 saturated carbocycles. The van der Waals surface area contributed by atoms with E-state index in [0.29, 0.717) is 51.4 Å². The molecular formula is C27H33N3O4. The monoisotopic (exact) mass is 463 g/mol. The summed E-state index contributed by atoms with van der Waals surface area (Å²) in [5.41, 5.74) is 2.19. The molecule has 0 spiro atoms. The van der Waals surface area contributed by atoms with Crippen molar-refractivity contribution in [1.29, 1.82) is 0 Å². The molecule has 4 rings (SSSR count). The van der Waals surface area contributed by atoms with Crippen molar-refractivity contribution in [2.75, 3.05) is 26.7 Å². The molecule has 2 atom stereocenters. The molecule has 180 valence electrons. The number of nitrogens with zero attached hydrogens (tertiary/aromatic N) is 1. The van der Waals surface area contributed by atoms with Crippen molar-refractivity contribution in [3.05, 3.63) is 65.7 Å². The Morgan fingerprint density at radius 1 is 0.971 bits per heavy atom. The summed E-state index contributed by atoms with van der Waals surface area (Å²) in [6, 6.07) is 17.7. The zero-order valence-corrected chi connectivity index (χ0v) is 19.7. The van der Waals surface area contributed by atoms with Gasteiger partial charge in [0.25, 0.3) is 0 Å². The van der Waals surface area contributed by atoms with Crippen LogP contribution < -0.4 is 15.4 Å². The van der Waals surface area contributed by atoms with E-state index in [1.54, 1.807) is 7.11 Å². The molecular weight excluding hydrogens is 430 g/mol. The van der Waals surface area contributed by atoms with Crippen LogP contribution in [0.25, 0.3) is 0 Å². The minimum absolute atomic E-state index is 0.0173. The maximum atomic E-state index is 12.6. The number of nitrogens with one attached hydrogen (secondary N) is 2. The van der Waals surface area contributed by atoms with E-state index in [1.807, 2.05) is 47.4 Å². The predicted octanol–water partition coefficient (Wildman–Crippen LogP) is 2.86. The molecule has 2 aliphatic rings. The second-order valence-electron chi connectivity index (χ2n) is 9.12. The first-order valence-corrected chi connectivity index (χ1v) is 12.1.